The maximum Gasteiger partial charge on any atom is 0.256 e. The lowest BCUT2D eigenvalue weighted by molar-refractivity contribution is -0.112. The molecule has 8 nitrogen and oxygen atoms in total. The van der Waals surface area contributed by atoms with E-state index >= 15 is 0 Å². The van der Waals surface area contributed by atoms with E-state index in [-0.39, 0.29) is 17.7 Å². The summed E-state index contributed by atoms with van der Waals surface area (Å²) in [6.45, 7) is 5.43. The Kier molecular flexibility index (Phi) is 6.65. The number of nitrogens with zero attached hydrogens (tertiary/aromatic N) is 2. The number of fused-ring (bicyclic) bond motifs is 1. The molecule has 1 aromatic heterocycles. The van der Waals surface area contributed by atoms with Crippen LogP contribution in [0.4, 0.5) is 38.9 Å². The molecule has 2 amide bonds. The summed E-state index contributed by atoms with van der Waals surface area (Å²) in [5, 5.41) is 11.5. The second kappa shape index (κ2) is 10.4. The molecule has 5 rings (SSSR count). The van der Waals surface area contributed by atoms with E-state index in [9.17, 15) is 14.0 Å². The summed E-state index contributed by atoms with van der Waals surface area (Å²) in [5.41, 5.74) is 5.47. The number of halogens is 1. The van der Waals surface area contributed by atoms with Crippen LogP contribution in [0.15, 0.2) is 85.6 Å². The minimum absolute atomic E-state index is 0.0825. The largest absolute Gasteiger partial charge is 0.336 e. The van der Waals surface area contributed by atoms with E-state index in [0.29, 0.717) is 28.3 Å². The first-order chi connectivity index (χ1) is 18.4. The molecule has 0 bridgehead atoms. The molecule has 0 radical (unpaired) electrons. The highest BCUT2D eigenvalue weighted by Crippen LogP contribution is 2.36. The van der Waals surface area contributed by atoms with Crippen molar-refractivity contribution in [3.63, 3.8) is 0 Å². The topological polar surface area (TPSA) is 108 Å². The fraction of sp³-hybridized carbons (Fsp3) is 0.0345. The van der Waals surface area contributed by atoms with Crippen molar-refractivity contribution in [2.24, 2.45) is 0 Å². The van der Waals surface area contributed by atoms with Gasteiger partial charge < -0.3 is 21.3 Å². The smallest absolute Gasteiger partial charge is 0.256 e. The van der Waals surface area contributed by atoms with E-state index in [1.807, 2.05) is 43.3 Å². The third kappa shape index (κ3) is 5.12. The fourth-order valence-corrected chi connectivity index (χ4v) is 3.97. The summed E-state index contributed by atoms with van der Waals surface area (Å²) in [6.07, 6.45) is 4.05. The lowest BCUT2D eigenvalue weighted by Crippen LogP contribution is -2.10. The molecule has 0 saturated carbocycles. The van der Waals surface area contributed by atoms with Crippen LogP contribution in [0.2, 0.25) is 0 Å². The van der Waals surface area contributed by atoms with Gasteiger partial charge in [0.2, 0.25) is 11.9 Å². The van der Waals surface area contributed by atoms with Crippen molar-refractivity contribution >= 4 is 58.0 Å². The molecule has 38 heavy (non-hydrogen) atoms. The van der Waals surface area contributed by atoms with Gasteiger partial charge in [-0.15, -0.1) is 0 Å². The zero-order valence-corrected chi connectivity index (χ0v) is 20.4. The third-order valence-corrected chi connectivity index (χ3v) is 5.91. The van der Waals surface area contributed by atoms with Gasteiger partial charge in [-0.2, -0.15) is 4.98 Å². The van der Waals surface area contributed by atoms with Crippen molar-refractivity contribution in [3.8, 4) is 0 Å². The molecule has 0 aliphatic carbocycles. The number of rotatable bonds is 7. The van der Waals surface area contributed by atoms with Gasteiger partial charge in [0.15, 0.2) is 11.6 Å². The molecule has 4 aromatic rings. The zero-order chi connectivity index (χ0) is 26.6. The van der Waals surface area contributed by atoms with Crippen LogP contribution in [-0.4, -0.2) is 21.8 Å². The molecule has 0 unspecified atom stereocenters. The molecule has 3 aromatic carbocycles. The summed E-state index contributed by atoms with van der Waals surface area (Å²) >= 11 is 0. The van der Waals surface area contributed by atoms with Crippen LogP contribution in [0.25, 0.3) is 11.6 Å². The van der Waals surface area contributed by atoms with Crippen LogP contribution in [0.3, 0.4) is 0 Å². The summed E-state index contributed by atoms with van der Waals surface area (Å²) in [6, 6.07) is 20.0. The molecule has 0 atom stereocenters. The molecular weight excluding hydrogens is 483 g/mol. The minimum atomic E-state index is -0.674. The predicted octanol–water partition coefficient (Wildman–Crippen LogP) is 6.03. The summed E-state index contributed by atoms with van der Waals surface area (Å²) in [7, 11) is 0. The molecule has 1 aliphatic heterocycles. The van der Waals surface area contributed by atoms with Crippen molar-refractivity contribution in [3.05, 3.63) is 108 Å². The highest BCUT2D eigenvalue weighted by molar-refractivity contribution is 6.35. The monoisotopic (exact) mass is 506 g/mol. The number of nitrogens with one attached hydrogen (secondary N) is 4. The molecule has 4 N–H and O–H groups in total. The Bertz CT molecular complexity index is 1610. The number of hydrogen-bond acceptors (Lipinski definition) is 6. The average Bonchev–Trinajstić information content (AvgIpc) is 3.22. The molecule has 188 valence electrons. The number of aromatic nitrogens is 2. The Balaban J connectivity index is 1.41. The lowest BCUT2D eigenvalue weighted by atomic mass is 10.0. The van der Waals surface area contributed by atoms with Crippen LogP contribution in [0.5, 0.6) is 0 Å². The summed E-state index contributed by atoms with van der Waals surface area (Å²) in [5.74, 6) is -1.20. The SMILES string of the molecule is C=CC(=O)Nc1ccccc1Nc1nc(Nc2ccc3c(c2)C(=Cc2ccccc2C)C(=O)N3)ncc1F. The molecule has 2 heterocycles. The van der Waals surface area contributed by atoms with Gasteiger partial charge in [-0.25, -0.2) is 9.37 Å². The van der Waals surface area contributed by atoms with Crippen LogP contribution in [0.1, 0.15) is 16.7 Å². The van der Waals surface area contributed by atoms with Gasteiger partial charge in [0, 0.05) is 22.5 Å². The highest BCUT2D eigenvalue weighted by Gasteiger charge is 2.24. The number of benzene rings is 3. The molecule has 0 spiro atoms. The van der Waals surface area contributed by atoms with Crippen LogP contribution < -0.4 is 21.3 Å². The predicted molar refractivity (Wildman–Crippen MR) is 148 cm³/mol. The second-order valence-corrected chi connectivity index (χ2v) is 8.51. The quantitative estimate of drug-likeness (QED) is 0.228. The first-order valence-electron chi connectivity index (χ1n) is 11.7. The second-order valence-electron chi connectivity index (χ2n) is 8.51. The van der Waals surface area contributed by atoms with Gasteiger partial charge in [-0.05, 0) is 60.5 Å². The number of anilines is 6. The third-order valence-electron chi connectivity index (χ3n) is 5.91. The van der Waals surface area contributed by atoms with E-state index in [4.69, 9.17) is 0 Å². The van der Waals surface area contributed by atoms with E-state index in [0.717, 1.165) is 29.0 Å². The van der Waals surface area contributed by atoms with E-state index < -0.39 is 11.7 Å². The van der Waals surface area contributed by atoms with Crippen molar-refractivity contribution in [1.29, 1.82) is 0 Å². The van der Waals surface area contributed by atoms with Crippen molar-refractivity contribution in [1.82, 2.24) is 9.97 Å². The Labute approximate surface area is 218 Å². The van der Waals surface area contributed by atoms with Crippen molar-refractivity contribution < 1.29 is 14.0 Å². The summed E-state index contributed by atoms with van der Waals surface area (Å²) in [4.78, 5) is 32.8. The average molecular weight is 507 g/mol. The van der Waals surface area contributed by atoms with Crippen LogP contribution >= 0.6 is 0 Å². The number of aryl methyl sites for hydroxylation is 1. The van der Waals surface area contributed by atoms with Crippen molar-refractivity contribution in [2.75, 3.05) is 21.3 Å². The van der Waals surface area contributed by atoms with Gasteiger partial charge in [0.25, 0.3) is 5.91 Å². The summed E-state index contributed by atoms with van der Waals surface area (Å²) < 4.78 is 14.6. The molecular formula is C29H23FN6O2. The molecule has 0 fully saturated rings. The molecule has 1 aliphatic rings. The lowest BCUT2D eigenvalue weighted by Gasteiger charge is -2.13. The van der Waals surface area contributed by atoms with E-state index in [2.05, 4.69) is 37.8 Å². The van der Waals surface area contributed by atoms with Gasteiger partial charge in [0.05, 0.1) is 17.6 Å². The Morgan fingerprint density at radius 2 is 1.79 bits per heavy atom. The Morgan fingerprint density at radius 1 is 1.03 bits per heavy atom. The fourth-order valence-electron chi connectivity index (χ4n) is 3.97. The highest BCUT2D eigenvalue weighted by atomic mass is 19.1. The zero-order valence-electron chi connectivity index (χ0n) is 20.4. The number of carbonyl (C=O) groups excluding carboxylic acids is 2. The maximum absolute atomic E-state index is 14.6. The van der Waals surface area contributed by atoms with Gasteiger partial charge >= 0.3 is 0 Å². The number of para-hydroxylation sites is 2. The maximum atomic E-state index is 14.6. The Morgan fingerprint density at radius 3 is 2.58 bits per heavy atom. The van der Waals surface area contributed by atoms with Crippen molar-refractivity contribution in [2.45, 2.75) is 6.92 Å². The minimum Gasteiger partial charge on any atom is -0.336 e. The number of carbonyl (C=O) groups is 2. The molecule has 9 heteroatoms. The number of amides is 2. The standard InChI is InChI=1S/C29H23FN6O2/c1-3-26(37)33-24-10-6-7-11-25(24)34-27-22(30)16-31-29(36-27)32-19-12-13-23-20(15-19)21(28(38)35-23)14-18-9-5-4-8-17(18)2/h3-16H,1H2,2H3,(H,33,37)(H,35,38)(H2,31,32,34,36). The number of hydrogen-bond donors (Lipinski definition) is 4. The van der Waals surface area contributed by atoms with Gasteiger partial charge in [-0.1, -0.05) is 43.0 Å². The first-order valence-corrected chi connectivity index (χ1v) is 11.7. The van der Waals surface area contributed by atoms with Crippen LogP contribution in [-0.2, 0) is 9.59 Å². The normalized spacial score (nSPS) is 13.0. The van der Waals surface area contributed by atoms with Crippen LogP contribution in [0, 0.1) is 12.7 Å². The van der Waals surface area contributed by atoms with E-state index in [1.165, 1.54) is 0 Å². The van der Waals surface area contributed by atoms with Gasteiger partial charge in [-0.3, -0.25) is 9.59 Å². The molecule has 0 saturated heterocycles. The van der Waals surface area contributed by atoms with Gasteiger partial charge in [0.1, 0.15) is 0 Å². The Hall–Kier alpha value is -5.31. The first kappa shape index (κ1) is 24.4. The van der Waals surface area contributed by atoms with E-state index in [1.54, 1.807) is 36.4 Å².